The molecule has 0 saturated carbocycles. The SMILES string of the molecule is CC(C)c1ccc2oc(C3CNC(=O)C3)cc2c1. The summed E-state index contributed by atoms with van der Waals surface area (Å²) >= 11 is 0. The quantitative estimate of drug-likeness (QED) is 0.880. The molecule has 1 atom stereocenters. The zero-order chi connectivity index (χ0) is 12.7. The Kier molecular flexibility index (Phi) is 2.62. The van der Waals surface area contributed by atoms with Gasteiger partial charge in [-0.15, -0.1) is 0 Å². The Hall–Kier alpha value is -1.77. The van der Waals surface area contributed by atoms with Gasteiger partial charge < -0.3 is 9.73 Å². The average molecular weight is 243 g/mol. The van der Waals surface area contributed by atoms with E-state index in [1.165, 1.54) is 5.56 Å². The molecule has 1 saturated heterocycles. The molecule has 1 N–H and O–H groups in total. The highest BCUT2D eigenvalue weighted by Gasteiger charge is 2.25. The fourth-order valence-corrected chi connectivity index (χ4v) is 2.45. The van der Waals surface area contributed by atoms with Gasteiger partial charge in [-0.1, -0.05) is 19.9 Å². The summed E-state index contributed by atoms with van der Waals surface area (Å²) in [7, 11) is 0. The van der Waals surface area contributed by atoms with Crippen molar-refractivity contribution in [2.24, 2.45) is 0 Å². The van der Waals surface area contributed by atoms with E-state index in [0.29, 0.717) is 18.9 Å². The minimum atomic E-state index is 0.114. The van der Waals surface area contributed by atoms with Crippen LogP contribution in [0.3, 0.4) is 0 Å². The van der Waals surface area contributed by atoms with Crippen LogP contribution in [-0.2, 0) is 4.79 Å². The Bertz CT molecular complexity index is 598. The molecule has 1 aromatic carbocycles. The fraction of sp³-hybridized carbons (Fsp3) is 0.400. The van der Waals surface area contributed by atoms with Crippen LogP contribution in [0.1, 0.15) is 43.4 Å². The lowest BCUT2D eigenvalue weighted by Gasteiger charge is -2.03. The molecule has 0 spiro atoms. The maximum absolute atomic E-state index is 11.2. The van der Waals surface area contributed by atoms with Crippen LogP contribution in [0.5, 0.6) is 0 Å². The van der Waals surface area contributed by atoms with Crippen molar-refractivity contribution in [2.45, 2.75) is 32.1 Å². The molecule has 3 rings (SSSR count). The molecule has 1 aromatic heterocycles. The van der Waals surface area contributed by atoms with Crippen molar-refractivity contribution < 1.29 is 9.21 Å². The predicted molar refractivity (Wildman–Crippen MR) is 70.7 cm³/mol. The van der Waals surface area contributed by atoms with Gasteiger partial charge in [-0.05, 0) is 29.7 Å². The van der Waals surface area contributed by atoms with E-state index in [2.05, 4.69) is 37.4 Å². The molecule has 0 radical (unpaired) electrons. The Balaban J connectivity index is 1.98. The zero-order valence-corrected chi connectivity index (χ0v) is 10.7. The van der Waals surface area contributed by atoms with E-state index in [1.54, 1.807) is 0 Å². The number of carbonyl (C=O) groups excluding carboxylic acids is 1. The van der Waals surface area contributed by atoms with E-state index in [0.717, 1.165) is 16.7 Å². The molecule has 2 aromatic rings. The van der Waals surface area contributed by atoms with Gasteiger partial charge in [0.15, 0.2) is 0 Å². The van der Waals surface area contributed by atoms with Crippen LogP contribution >= 0.6 is 0 Å². The topological polar surface area (TPSA) is 42.2 Å². The van der Waals surface area contributed by atoms with Crippen molar-refractivity contribution in [1.82, 2.24) is 5.32 Å². The van der Waals surface area contributed by atoms with Gasteiger partial charge in [0.1, 0.15) is 11.3 Å². The zero-order valence-electron chi connectivity index (χ0n) is 10.7. The summed E-state index contributed by atoms with van der Waals surface area (Å²) in [6.45, 7) is 5.05. The van der Waals surface area contributed by atoms with Crippen LogP contribution in [0.15, 0.2) is 28.7 Å². The first kappa shape index (κ1) is 11.3. The van der Waals surface area contributed by atoms with Crippen LogP contribution in [0, 0.1) is 0 Å². The fourth-order valence-electron chi connectivity index (χ4n) is 2.45. The lowest BCUT2D eigenvalue weighted by Crippen LogP contribution is -2.13. The number of amides is 1. The second-order valence-electron chi connectivity index (χ2n) is 5.31. The first-order chi connectivity index (χ1) is 8.63. The van der Waals surface area contributed by atoms with Gasteiger partial charge in [0.25, 0.3) is 0 Å². The summed E-state index contributed by atoms with van der Waals surface area (Å²) in [6, 6.07) is 8.39. The molecular weight excluding hydrogens is 226 g/mol. The molecule has 2 heterocycles. The number of benzene rings is 1. The highest BCUT2D eigenvalue weighted by atomic mass is 16.3. The lowest BCUT2D eigenvalue weighted by atomic mass is 10.0. The number of carbonyl (C=O) groups is 1. The molecule has 0 bridgehead atoms. The van der Waals surface area contributed by atoms with E-state index in [-0.39, 0.29) is 11.8 Å². The largest absolute Gasteiger partial charge is 0.461 e. The second-order valence-corrected chi connectivity index (χ2v) is 5.31. The van der Waals surface area contributed by atoms with Gasteiger partial charge in [0.05, 0.1) is 0 Å². The highest BCUT2D eigenvalue weighted by molar-refractivity contribution is 5.81. The number of nitrogens with one attached hydrogen (secondary N) is 1. The molecule has 3 heteroatoms. The van der Waals surface area contributed by atoms with Gasteiger partial charge in [0.2, 0.25) is 5.91 Å². The maximum atomic E-state index is 11.2. The Morgan fingerprint density at radius 3 is 2.83 bits per heavy atom. The summed E-state index contributed by atoms with van der Waals surface area (Å²) in [5, 5.41) is 3.98. The van der Waals surface area contributed by atoms with E-state index in [9.17, 15) is 4.79 Å². The second kappa shape index (κ2) is 4.16. The van der Waals surface area contributed by atoms with Gasteiger partial charge in [0, 0.05) is 24.3 Å². The molecule has 1 aliphatic rings. The van der Waals surface area contributed by atoms with Crippen molar-refractivity contribution in [2.75, 3.05) is 6.54 Å². The first-order valence-corrected chi connectivity index (χ1v) is 6.43. The standard InChI is InChI=1S/C15H17NO2/c1-9(2)10-3-4-13-11(5-10)6-14(18-13)12-7-15(17)16-8-12/h3-6,9,12H,7-8H2,1-2H3,(H,16,17). The predicted octanol–water partition coefficient (Wildman–Crippen LogP) is 3.16. The van der Waals surface area contributed by atoms with E-state index >= 15 is 0 Å². The summed E-state index contributed by atoms with van der Waals surface area (Å²) in [4.78, 5) is 11.2. The molecule has 1 amide bonds. The summed E-state index contributed by atoms with van der Waals surface area (Å²) in [6.07, 6.45) is 0.539. The Morgan fingerprint density at radius 1 is 1.33 bits per heavy atom. The molecule has 1 aliphatic heterocycles. The molecule has 0 aliphatic carbocycles. The monoisotopic (exact) mass is 243 g/mol. The summed E-state index contributed by atoms with van der Waals surface area (Å²) < 4.78 is 5.84. The van der Waals surface area contributed by atoms with Crippen molar-refractivity contribution in [3.8, 4) is 0 Å². The molecule has 1 unspecified atom stereocenters. The number of furan rings is 1. The lowest BCUT2D eigenvalue weighted by molar-refractivity contribution is -0.119. The highest BCUT2D eigenvalue weighted by Crippen LogP contribution is 2.30. The third-order valence-electron chi connectivity index (χ3n) is 3.61. The Labute approximate surface area is 106 Å². The Morgan fingerprint density at radius 2 is 2.17 bits per heavy atom. The van der Waals surface area contributed by atoms with E-state index in [4.69, 9.17) is 4.42 Å². The van der Waals surface area contributed by atoms with Crippen molar-refractivity contribution >= 4 is 16.9 Å². The molecule has 94 valence electrons. The minimum absolute atomic E-state index is 0.114. The number of fused-ring (bicyclic) bond motifs is 1. The van der Waals surface area contributed by atoms with Crippen molar-refractivity contribution in [3.63, 3.8) is 0 Å². The third kappa shape index (κ3) is 1.90. The maximum Gasteiger partial charge on any atom is 0.220 e. The smallest absolute Gasteiger partial charge is 0.220 e. The number of hydrogen-bond acceptors (Lipinski definition) is 2. The normalized spacial score (nSPS) is 19.7. The first-order valence-electron chi connectivity index (χ1n) is 6.43. The van der Waals surface area contributed by atoms with Crippen LogP contribution in [0.4, 0.5) is 0 Å². The van der Waals surface area contributed by atoms with Gasteiger partial charge in [-0.2, -0.15) is 0 Å². The van der Waals surface area contributed by atoms with Gasteiger partial charge in [-0.25, -0.2) is 0 Å². The molecule has 1 fully saturated rings. The van der Waals surface area contributed by atoms with Gasteiger partial charge in [-0.3, -0.25) is 4.79 Å². The van der Waals surface area contributed by atoms with Crippen molar-refractivity contribution in [3.05, 3.63) is 35.6 Å². The molecule has 3 nitrogen and oxygen atoms in total. The van der Waals surface area contributed by atoms with Crippen molar-refractivity contribution in [1.29, 1.82) is 0 Å². The number of rotatable bonds is 2. The number of hydrogen-bond donors (Lipinski definition) is 1. The van der Waals surface area contributed by atoms with Crippen LogP contribution in [0.25, 0.3) is 11.0 Å². The van der Waals surface area contributed by atoms with Crippen LogP contribution < -0.4 is 5.32 Å². The minimum Gasteiger partial charge on any atom is -0.461 e. The van der Waals surface area contributed by atoms with E-state index in [1.807, 2.05) is 6.07 Å². The van der Waals surface area contributed by atoms with Crippen LogP contribution in [-0.4, -0.2) is 12.5 Å². The summed E-state index contributed by atoms with van der Waals surface area (Å²) in [5.41, 5.74) is 2.23. The summed E-state index contributed by atoms with van der Waals surface area (Å²) in [5.74, 6) is 1.74. The molecular formula is C15H17NO2. The van der Waals surface area contributed by atoms with Crippen LogP contribution in [0.2, 0.25) is 0 Å². The van der Waals surface area contributed by atoms with E-state index < -0.39 is 0 Å². The average Bonchev–Trinajstić information content (AvgIpc) is 2.93. The molecule has 18 heavy (non-hydrogen) atoms. The van der Waals surface area contributed by atoms with Gasteiger partial charge >= 0.3 is 0 Å². The third-order valence-corrected chi connectivity index (χ3v) is 3.61.